The summed E-state index contributed by atoms with van der Waals surface area (Å²) in [5, 5.41) is 0. The number of halogens is 1. The van der Waals surface area contributed by atoms with E-state index in [1.807, 2.05) is 42.5 Å². The topological polar surface area (TPSA) is 60.7 Å². The van der Waals surface area contributed by atoms with Crippen molar-refractivity contribution >= 4 is 29.5 Å². The number of esters is 1. The van der Waals surface area contributed by atoms with Crippen LogP contribution in [0.4, 0.5) is 4.39 Å². The molecule has 0 fully saturated rings. The minimum atomic E-state index is -0.744. The number of rotatable bonds is 5. The number of allylic oxidation sites excluding steroid dienone is 2. The van der Waals surface area contributed by atoms with Gasteiger partial charge < -0.3 is 4.74 Å². The summed E-state index contributed by atoms with van der Waals surface area (Å²) in [7, 11) is 0. The average Bonchev–Trinajstić information content (AvgIpc) is 3.09. The zero-order chi connectivity index (χ0) is 22.7. The Kier molecular flexibility index (Phi) is 6.28. The van der Waals surface area contributed by atoms with Crippen LogP contribution < -0.4 is 14.9 Å². The second-order valence-corrected chi connectivity index (χ2v) is 8.16. The van der Waals surface area contributed by atoms with Crippen LogP contribution >= 0.6 is 11.3 Å². The minimum Gasteiger partial charge on any atom is -0.463 e. The van der Waals surface area contributed by atoms with Crippen molar-refractivity contribution in [1.29, 1.82) is 0 Å². The lowest BCUT2D eigenvalue weighted by molar-refractivity contribution is -0.139. The van der Waals surface area contributed by atoms with Gasteiger partial charge in [-0.05, 0) is 43.2 Å². The molecule has 0 unspecified atom stereocenters. The van der Waals surface area contributed by atoms with E-state index in [1.54, 1.807) is 32.1 Å². The fraction of sp³-hybridized carbons (Fsp3) is 0.160. The van der Waals surface area contributed by atoms with Crippen LogP contribution in [-0.2, 0) is 9.53 Å². The van der Waals surface area contributed by atoms with Gasteiger partial charge in [0.05, 0.1) is 28.5 Å². The van der Waals surface area contributed by atoms with Gasteiger partial charge in [0, 0.05) is 0 Å². The van der Waals surface area contributed by atoms with Crippen LogP contribution in [0, 0.1) is 5.82 Å². The fourth-order valence-corrected chi connectivity index (χ4v) is 4.58. The minimum absolute atomic E-state index is 0.195. The number of carbonyl (C=O) groups is 1. The smallest absolute Gasteiger partial charge is 0.338 e. The van der Waals surface area contributed by atoms with Crippen LogP contribution in [0.3, 0.4) is 0 Å². The first kappa shape index (κ1) is 21.6. The molecule has 3 aromatic rings. The van der Waals surface area contributed by atoms with Crippen molar-refractivity contribution in [2.24, 2.45) is 4.99 Å². The van der Waals surface area contributed by atoms with Gasteiger partial charge in [0.1, 0.15) is 5.82 Å². The van der Waals surface area contributed by atoms with Crippen molar-refractivity contribution in [1.82, 2.24) is 4.57 Å². The Balaban J connectivity index is 1.86. The molecule has 162 valence electrons. The zero-order valence-corrected chi connectivity index (χ0v) is 18.4. The fourth-order valence-electron chi connectivity index (χ4n) is 3.58. The summed E-state index contributed by atoms with van der Waals surface area (Å²) in [5.41, 5.74) is 2.11. The van der Waals surface area contributed by atoms with E-state index in [-0.39, 0.29) is 17.7 Å². The molecule has 0 saturated carbocycles. The molecular formula is C25H21FN2O3S. The summed E-state index contributed by atoms with van der Waals surface area (Å²) in [6, 6.07) is 14.8. The van der Waals surface area contributed by atoms with Gasteiger partial charge in [0.2, 0.25) is 0 Å². The van der Waals surface area contributed by atoms with Gasteiger partial charge in [-0.15, -0.1) is 0 Å². The van der Waals surface area contributed by atoms with Gasteiger partial charge in [-0.3, -0.25) is 9.36 Å². The summed E-state index contributed by atoms with van der Waals surface area (Å²) in [5.74, 6) is -0.938. The maximum atomic E-state index is 13.6. The highest BCUT2D eigenvalue weighted by Crippen LogP contribution is 2.30. The Labute approximate surface area is 188 Å². The number of carbonyl (C=O) groups excluding carboxylic acids is 1. The van der Waals surface area contributed by atoms with Crippen LogP contribution in [0.5, 0.6) is 0 Å². The molecule has 2 heterocycles. The quantitative estimate of drug-likeness (QED) is 0.561. The number of hydrogen-bond donors (Lipinski definition) is 0. The lowest BCUT2D eigenvalue weighted by Crippen LogP contribution is -2.39. The third kappa shape index (κ3) is 4.24. The Morgan fingerprint density at radius 1 is 1.19 bits per heavy atom. The largest absolute Gasteiger partial charge is 0.463 e. The van der Waals surface area contributed by atoms with Crippen LogP contribution in [0.2, 0.25) is 0 Å². The summed E-state index contributed by atoms with van der Waals surface area (Å²) in [6.07, 6.45) is 5.46. The molecule has 0 radical (unpaired) electrons. The van der Waals surface area contributed by atoms with Crippen molar-refractivity contribution in [3.8, 4) is 0 Å². The maximum Gasteiger partial charge on any atom is 0.338 e. The van der Waals surface area contributed by atoms with E-state index < -0.39 is 17.8 Å². The second-order valence-electron chi connectivity index (χ2n) is 7.15. The molecule has 0 aliphatic carbocycles. The Bertz CT molecular complexity index is 1380. The van der Waals surface area contributed by atoms with E-state index in [2.05, 4.69) is 4.99 Å². The predicted octanol–water partition coefficient (Wildman–Crippen LogP) is 3.60. The number of nitrogens with zero attached hydrogens (tertiary/aromatic N) is 2. The number of ether oxygens (including phenoxy) is 1. The molecule has 4 rings (SSSR count). The van der Waals surface area contributed by atoms with Crippen molar-refractivity contribution in [2.75, 3.05) is 6.61 Å². The molecule has 7 heteroatoms. The molecule has 1 atom stereocenters. The van der Waals surface area contributed by atoms with Gasteiger partial charge in [0.25, 0.3) is 5.56 Å². The third-order valence-electron chi connectivity index (χ3n) is 5.04. The third-order valence-corrected chi connectivity index (χ3v) is 6.04. The summed E-state index contributed by atoms with van der Waals surface area (Å²) < 4.78 is 20.8. The van der Waals surface area contributed by atoms with E-state index >= 15 is 0 Å². The van der Waals surface area contributed by atoms with Crippen molar-refractivity contribution in [2.45, 2.75) is 19.9 Å². The molecule has 1 aromatic heterocycles. The van der Waals surface area contributed by atoms with Crippen molar-refractivity contribution in [3.05, 3.63) is 109 Å². The van der Waals surface area contributed by atoms with Crippen LogP contribution in [0.1, 0.15) is 31.0 Å². The lowest BCUT2D eigenvalue weighted by atomic mass is 9.96. The van der Waals surface area contributed by atoms with Gasteiger partial charge in [-0.2, -0.15) is 0 Å². The van der Waals surface area contributed by atoms with Crippen molar-refractivity contribution < 1.29 is 13.9 Å². The van der Waals surface area contributed by atoms with Gasteiger partial charge in [-0.1, -0.05) is 66.0 Å². The van der Waals surface area contributed by atoms with E-state index in [0.717, 1.165) is 5.56 Å². The Hall–Kier alpha value is -3.58. The first-order chi connectivity index (χ1) is 15.5. The van der Waals surface area contributed by atoms with Gasteiger partial charge in [-0.25, -0.2) is 14.2 Å². The molecule has 0 saturated heterocycles. The van der Waals surface area contributed by atoms with Crippen LogP contribution in [0.15, 0.2) is 81.7 Å². The zero-order valence-electron chi connectivity index (χ0n) is 17.6. The van der Waals surface area contributed by atoms with E-state index in [9.17, 15) is 14.0 Å². The molecule has 0 bridgehead atoms. The SMILES string of the molecule is CCOC(=O)C1=C(C)N=c2s/c(=C/C=C/c3ccccc3)c(=O)n2[C@@H]1c1ccc(F)cc1. The summed E-state index contributed by atoms with van der Waals surface area (Å²) >= 11 is 1.25. The number of aromatic nitrogens is 1. The first-order valence-electron chi connectivity index (χ1n) is 10.2. The highest BCUT2D eigenvalue weighted by atomic mass is 32.1. The summed E-state index contributed by atoms with van der Waals surface area (Å²) in [4.78, 5) is 31.1. The average molecular weight is 449 g/mol. The van der Waals surface area contributed by atoms with Gasteiger partial charge in [0.15, 0.2) is 4.80 Å². The van der Waals surface area contributed by atoms with E-state index in [4.69, 9.17) is 4.74 Å². The highest BCUT2D eigenvalue weighted by molar-refractivity contribution is 7.07. The molecule has 1 aliphatic rings. The lowest BCUT2D eigenvalue weighted by Gasteiger charge is -2.24. The molecule has 0 N–H and O–H groups in total. The highest BCUT2D eigenvalue weighted by Gasteiger charge is 2.33. The molecule has 1 aliphatic heterocycles. The van der Waals surface area contributed by atoms with E-state index in [1.165, 1.54) is 28.0 Å². The molecular weight excluding hydrogens is 427 g/mol. The normalized spacial score (nSPS) is 16.2. The Morgan fingerprint density at radius 3 is 2.59 bits per heavy atom. The monoisotopic (exact) mass is 448 g/mol. The van der Waals surface area contributed by atoms with Crippen LogP contribution in [-0.4, -0.2) is 17.1 Å². The molecule has 2 aromatic carbocycles. The molecule has 5 nitrogen and oxygen atoms in total. The first-order valence-corrected chi connectivity index (χ1v) is 11.0. The second kappa shape index (κ2) is 9.28. The predicted molar refractivity (Wildman–Crippen MR) is 123 cm³/mol. The molecule has 32 heavy (non-hydrogen) atoms. The van der Waals surface area contributed by atoms with E-state index in [0.29, 0.717) is 20.6 Å². The maximum absolute atomic E-state index is 13.6. The van der Waals surface area contributed by atoms with Gasteiger partial charge >= 0.3 is 5.97 Å². The molecule has 0 spiro atoms. The standard InChI is InChI=1S/C25H21FN2O3S/c1-3-31-24(30)21-16(2)27-25-28(22(21)18-12-14-19(26)15-13-18)23(29)20(32-25)11-7-10-17-8-5-4-6-9-17/h4-15,22H,3H2,1-2H3/b10-7+,20-11+/t22-/m1/s1. The molecule has 0 amide bonds. The van der Waals surface area contributed by atoms with Crippen molar-refractivity contribution in [3.63, 3.8) is 0 Å². The number of fused-ring (bicyclic) bond motifs is 1. The Morgan fingerprint density at radius 2 is 1.91 bits per heavy atom. The summed E-state index contributed by atoms with van der Waals surface area (Å²) in [6.45, 7) is 3.63. The number of hydrogen-bond acceptors (Lipinski definition) is 5. The number of benzene rings is 2. The van der Waals surface area contributed by atoms with Crippen LogP contribution in [0.25, 0.3) is 12.2 Å². The number of thiazole rings is 1.